The molecule has 1 unspecified atom stereocenters. The van der Waals surface area contributed by atoms with E-state index in [0.717, 1.165) is 6.54 Å². The summed E-state index contributed by atoms with van der Waals surface area (Å²) >= 11 is 0. The highest BCUT2D eigenvalue weighted by Gasteiger charge is 2.16. The number of carbonyl (C=O) groups excluding carboxylic acids is 1. The molecule has 0 aromatic rings. The molecule has 16 heavy (non-hydrogen) atoms. The zero-order chi connectivity index (χ0) is 12.0. The average molecular weight is 227 g/mol. The summed E-state index contributed by atoms with van der Waals surface area (Å²) in [5.41, 5.74) is 0. The van der Waals surface area contributed by atoms with Crippen LogP contribution in [0.15, 0.2) is 0 Å². The van der Waals surface area contributed by atoms with Crippen molar-refractivity contribution in [3.63, 3.8) is 0 Å². The zero-order valence-corrected chi connectivity index (χ0v) is 10.8. The Morgan fingerprint density at radius 3 is 2.50 bits per heavy atom. The molecule has 0 radical (unpaired) electrons. The van der Waals surface area contributed by atoms with Gasteiger partial charge in [0.2, 0.25) is 5.91 Å². The van der Waals surface area contributed by atoms with Gasteiger partial charge in [-0.3, -0.25) is 9.69 Å². The van der Waals surface area contributed by atoms with Crippen LogP contribution in [0.3, 0.4) is 0 Å². The minimum absolute atomic E-state index is 0.144. The van der Waals surface area contributed by atoms with E-state index in [1.165, 1.54) is 32.4 Å². The van der Waals surface area contributed by atoms with Crippen LogP contribution in [0, 0.1) is 0 Å². The Balaban J connectivity index is 2.14. The number of hydrogen-bond acceptors (Lipinski definition) is 3. The van der Waals surface area contributed by atoms with Crippen LogP contribution in [0.1, 0.15) is 26.2 Å². The van der Waals surface area contributed by atoms with E-state index in [2.05, 4.69) is 17.1 Å². The number of nitrogens with one attached hydrogen (secondary N) is 1. The molecule has 0 bridgehead atoms. The molecule has 1 saturated heterocycles. The third-order valence-electron chi connectivity index (χ3n) is 3.23. The van der Waals surface area contributed by atoms with Crippen LogP contribution < -0.4 is 5.32 Å². The second-order valence-corrected chi connectivity index (χ2v) is 4.86. The fourth-order valence-electron chi connectivity index (χ4n) is 2.03. The van der Waals surface area contributed by atoms with Crippen molar-refractivity contribution >= 4 is 5.91 Å². The molecule has 1 atom stereocenters. The number of piperidine rings is 1. The van der Waals surface area contributed by atoms with Gasteiger partial charge in [0.05, 0.1) is 6.54 Å². The maximum absolute atomic E-state index is 11.4. The standard InChI is InChI=1S/C12H25N3O/c1-11(15-7-5-4-6-8-15)9-13-10-12(16)14(2)3/h11,13H,4-10H2,1-3H3. The molecule has 0 aromatic heterocycles. The molecule has 0 aliphatic carbocycles. The Morgan fingerprint density at radius 1 is 1.31 bits per heavy atom. The monoisotopic (exact) mass is 227 g/mol. The van der Waals surface area contributed by atoms with Crippen molar-refractivity contribution in [1.29, 1.82) is 0 Å². The molecule has 1 aliphatic rings. The molecule has 0 spiro atoms. The lowest BCUT2D eigenvalue weighted by atomic mass is 10.1. The largest absolute Gasteiger partial charge is 0.348 e. The predicted octanol–water partition coefficient (Wildman–Crippen LogP) is 0.539. The van der Waals surface area contributed by atoms with E-state index in [1.807, 2.05) is 0 Å². The van der Waals surface area contributed by atoms with Crippen molar-refractivity contribution in [2.24, 2.45) is 0 Å². The Hall–Kier alpha value is -0.610. The Labute approximate surface area is 99.0 Å². The summed E-state index contributed by atoms with van der Waals surface area (Å²) in [5.74, 6) is 0.144. The number of rotatable bonds is 5. The fraction of sp³-hybridized carbons (Fsp3) is 0.917. The number of carbonyl (C=O) groups is 1. The summed E-state index contributed by atoms with van der Waals surface area (Å²) in [6.45, 7) is 6.01. The van der Waals surface area contributed by atoms with Gasteiger partial charge < -0.3 is 10.2 Å². The fourth-order valence-corrected chi connectivity index (χ4v) is 2.03. The van der Waals surface area contributed by atoms with Crippen LogP contribution in [0.25, 0.3) is 0 Å². The molecule has 0 saturated carbocycles. The van der Waals surface area contributed by atoms with Crippen LogP contribution >= 0.6 is 0 Å². The maximum Gasteiger partial charge on any atom is 0.236 e. The number of hydrogen-bond donors (Lipinski definition) is 1. The smallest absolute Gasteiger partial charge is 0.236 e. The molecule has 1 N–H and O–H groups in total. The van der Waals surface area contributed by atoms with E-state index in [9.17, 15) is 4.79 Å². The summed E-state index contributed by atoms with van der Waals surface area (Å²) in [5, 5.41) is 3.23. The van der Waals surface area contributed by atoms with Crippen molar-refractivity contribution in [3.05, 3.63) is 0 Å². The summed E-state index contributed by atoms with van der Waals surface area (Å²) in [6, 6.07) is 0.537. The van der Waals surface area contributed by atoms with Crippen molar-refractivity contribution in [3.8, 4) is 0 Å². The minimum atomic E-state index is 0.144. The summed E-state index contributed by atoms with van der Waals surface area (Å²) in [6.07, 6.45) is 4.01. The SMILES string of the molecule is CC(CNCC(=O)N(C)C)N1CCCCC1. The van der Waals surface area contributed by atoms with Crippen molar-refractivity contribution in [2.45, 2.75) is 32.2 Å². The summed E-state index contributed by atoms with van der Waals surface area (Å²) < 4.78 is 0. The highest BCUT2D eigenvalue weighted by Crippen LogP contribution is 2.11. The van der Waals surface area contributed by atoms with Crippen LogP contribution in [0.2, 0.25) is 0 Å². The second kappa shape index (κ2) is 6.86. The lowest BCUT2D eigenvalue weighted by molar-refractivity contribution is -0.127. The Kier molecular flexibility index (Phi) is 5.77. The Bertz CT molecular complexity index is 212. The molecule has 1 amide bonds. The molecule has 4 heteroatoms. The maximum atomic E-state index is 11.4. The van der Waals surface area contributed by atoms with E-state index >= 15 is 0 Å². The van der Waals surface area contributed by atoms with E-state index in [4.69, 9.17) is 0 Å². The molecule has 94 valence electrons. The normalized spacial score (nSPS) is 19.4. The van der Waals surface area contributed by atoms with Crippen molar-refractivity contribution in [1.82, 2.24) is 15.1 Å². The second-order valence-electron chi connectivity index (χ2n) is 4.86. The van der Waals surface area contributed by atoms with Gasteiger partial charge in [-0.1, -0.05) is 6.42 Å². The van der Waals surface area contributed by atoms with E-state index in [1.54, 1.807) is 19.0 Å². The first-order valence-corrected chi connectivity index (χ1v) is 6.26. The molecule has 1 fully saturated rings. The highest BCUT2D eigenvalue weighted by molar-refractivity contribution is 5.77. The van der Waals surface area contributed by atoms with Gasteiger partial charge in [0.15, 0.2) is 0 Å². The van der Waals surface area contributed by atoms with Gasteiger partial charge >= 0.3 is 0 Å². The molecule has 0 aromatic carbocycles. The van der Waals surface area contributed by atoms with Crippen LogP contribution in [-0.4, -0.2) is 62.0 Å². The highest BCUT2D eigenvalue weighted by atomic mass is 16.2. The Morgan fingerprint density at radius 2 is 1.94 bits per heavy atom. The molecule has 1 aliphatic heterocycles. The van der Waals surface area contributed by atoms with Gasteiger partial charge in [0.1, 0.15) is 0 Å². The van der Waals surface area contributed by atoms with Gasteiger partial charge in [0, 0.05) is 26.7 Å². The van der Waals surface area contributed by atoms with E-state index in [-0.39, 0.29) is 5.91 Å². The third kappa shape index (κ3) is 4.49. The average Bonchev–Trinajstić information content (AvgIpc) is 2.29. The molecular weight excluding hydrogens is 202 g/mol. The zero-order valence-electron chi connectivity index (χ0n) is 10.8. The molecule has 1 rings (SSSR count). The number of amides is 1. The lowest BCUT2D eigenvalue weighted by Crippen LogP contribution is -2.45. The van der Waals surface area contributed by atoms with Gasteiger partial charge in [-0.25, -0.2) is 0 Å². The van der Waals surface area contributed by atoms with Crippen molar-refractivity contribution in [2.75, 3.05) is 40.3 Å². The third-order valence-corrected chi connectivity index (χ3v) is 3.23. The van der Waals surface area contributed by atoms with Gasteiger partial charge in [-0.05, 0) is 32.9 Å². The first-order valence-electron chi connectivity index (χ1n) is 6.26. The van der Waals surface area contributed by atoms with E-state index < -0.39 is 0 Å². The van der Waals surface area contributed by atoms with Gasteiger partial charge in [0.25, 0.3) is 0 Å². The topological polar surface area (TPSA) is 35.6 Å². The lowest BCUT2D eigenvalue weighted by Gasteiger charge is -2.32. The van der Waals surface area contributed by atoms with Crippen LogP contribution in [0.4, 0.5) is 0 Å². The summed E-state index contributed by atoms with van der Waals surface area (Å²) in [7, 11) is 3.58. The number of likely N-dealkylation sites (tertiary alicyclic amines) is 1. The van der Waals surface area contributed by atoms with Crippen LogP contribution in [-0.2, 0) is 4.79 Å². The van der Waals surface area contributed by atoms with Crippen molar-refractivity contribution < 1.29 is 4.79 Å². The van der Waals surface area contributed by atoms with Crippen LogP contribution in [0.5, 0.6) is 0 Å². The minimum Gasteiger partial charge on any atom is -0.348 e. The van der Waals surface area contributed by atoms with Gasteiger partial charge in [-0.15, -0.1) is 0 Å². The molecule has 1 heterocycles. The quantitative estimate of drug-likeness (QED) is 0.744. The first-order chi connectivity index (χ1) is 7.61. The predicted molar refractivity (Wildman–Crippen MR) is 66.4 cm³/mol. The first kappa shape index (κ1) is 13.5. The number of likely N-dealkylation sites (N-methyl/N-ethyl adjacent to an activating group) is 1. The molecular formula is C12H25N3O. The number of nitrogens with zero attached hydrogens (tertiary/aromatic N) is 2. The molecule has 4 nitrogen and oxygen atoms in total. The van der Waals surface area contributed by atoms with Gasteiger partial charge in [-0.2, -0.15) is 0 Å². The summed E-state index contributed by atoms with van der Waals surface area (Å²) in [4.78, 5) is 15.5. The van der Waals surface area contributed by atoms with E-state index in [0.29, 0.717) is 12.6 Å².